The third kappa shape index (κ3) is 5.50. The molecule has 0 saturated carbocycles. The Labute approximate surface area is 168 Å². The summed E-state index contributed by atoms with van der Waals surface area (Å²) in [5.41, 5.74) is 0.464. The zero-order valence-electron chi connectivity index (χ0n) is 16.5. The summed E-state index contributed by atoms with van der Waals surface area (Å²) < 4.78 is 65.6. The van der Waals surface area contributed by atoms with Crippen molar-refractivity contribution in [2.75, 3.05) is 15.9 Å². The molecule has 5 nitrogen and oxygen atoms in total. The highest BCUT2D eigenvalue weighted by Gasteiger charge is 2.36. The fraction of sp³-hybridized carbons (Fsp3) is 0.350. The van der Waals surface area contributed by atoms with E-state index >= 15 is 0 Å². The predicted molar refractivity (Wildman–Crippen MR) is 107 cm³/mol. The summed E-state index contributed by atoms with van der Waals surface area (Å²) in [6, 6.07) is 8.45. The van der Waals surface area contributed by atoms with Crippen LogP contribution in [0.5, 0.6) is 0 Å². The normalized spacial score (nSPS) is 13.1. The maximum atomic E-state index is 13.2. The average Bonchev–Trinajstić information content (AvgIpc) is 2.56. The maximum Gasteiger partial charge on any atom is 0.418 e. The zero-order chi connectivity index (χ0) is 22.0. The van der Waals surface area contributed by atoms with Crippen LogP contribution in [0.1, 0.15) is 30.0 Å². The molecular formula is C20H23F3N2O3S. The van der Waals surface area contributed by atoms with Gasteiger partial charge in [-0.1, -0.05) is 25.1 Å². The lowest BCUT2D eigenvalue weighted by Crippen LogP contribution is -2.47. The number of para-hydroxylation sites is 1. The van der Waals surface area contributed by atoms with Crippen LogP contribution < -0.4 is 9.62 Å². The Balaban J connectivity index is 2.48. The van der Waals surface area contributed by atoms with Gasteiger partial charge >= 0.3 is 6.18 Å². The van der Waals surface area contributed by atoms with Crippen molar-refractivity contribution in [3.8, 4) is 0 Å². The number of sulfonamides is 1. The van der Waals surface area contributed by atoms with Gasteiger partial charge < -0.3 is 5.32 Å². The lowest BCUT2D eigenvalue weighted by Gasteiger charge is -2.31. The first-order valence-electron chi connectivity index (χ1n) is 8.89. The van der Waals surface area contributed by atoms with Crippen molar-refractivity contribution in [3.05, 3.63) is 59.2 Å². The number of carbonyl (C=O) groups is 1. The van der Waals surface area contributed by atoms with Gasteiger partial charge in [0.15, 0.2) is 0 Å². The quantitative estimate of drug-likeness (QED) is 0.737. The average molecular weight is 428 g/mol. The number of halogens is 3. The van der Waals surface area contributed by atoms with Gasteiger partial charge in [-0.3, -0.25) is 9.10 Å². The summed E-state index contributed by atoms with van der Waals surface area (Å²) in [6.07, 6.45) is -3.62. The fourth-order valence-corrected chi connectivity index (χ4v) is 4.39. The molecule has 0 unspecified atom stereocenters. The van der Waals surface area contributed by atoms with E-state index in [0.29, 0.717) is 0 Å². The highest BCUT2D eigenvalue weighted by atomic mass is 32.2. The van der Waals surface area contributed by atoms with Crippen LogP contribution >= 0.6 is 0 Å². The smallest absolute Gasteiger partial charge is 0.324 e. The monoisotopic (exact) mass is 428 g/mol. The van der Waals surface area contributed by atoms with E-state index < -0.39 is 39.4 Å². The van der Waals surface area contributed by atoms with E-state index in [1.165, 1.54) is 12.1 Å². The SMILES string of the molecule is CC[C@H](C(=O)Nc1ccccc1C(F)(F)F)N(c1cc(C)cc(C)c1)S(C)(=O)=O. The molecule has 2 aromatic carbocycles. The Morgan fingerprint density at radius 1 is 1.10 bits per heavy atom. The molecule has 2 aromatic rings. The second-order valence-electron chi connectivity index (χ2n) is 6.86. The molecule has 1 N–H and O–H groups in total. The number of carbonyl (C=O) groups excluding carboxylic acids is 1. The molecule has 0 bridgehead atoms. The summed E-state index contributed by atoms with van der Waals surface area (Å²) in [7, 11) is -3.89. The molecule has 0 heterocycles. The number of rotatable bonds is 6. The lowest BCUT2D eigenvalue weighted by molar-refractivity contribution is -0.137. The maximum absolute atomic E-state index is 13.2. The number of aryl methyl sites for hydroxylation is 2. The van der Waals surface area contributed by atoms with Crippen molar-refractivity contribution < 1.29 is 26.4 Å². The van der Waals surface area contributed by atoms with Gasteiger partial charge in [0.1, 0.15) is 6.04 Å². The van der Waals surface area contributed by atoms with Crippen LogP contribution in [0.4, 0.5) is 24.5 Å². The van der Waals surface area contributed by atoms with Crippen molar-refractivity contribution in [2.24, 2.45) is 0 Å². The van der Waals surface area contributed by atoms with Gasteiger partial charge in [0.05, 0.1) is 23.2 Å². The molecule has 29 heavy (non-hydrogen) atoms. The van der Waals surface area contributed by atoms with Crippen LogP contribution in [0.2, 0.25) is 0 Å². The van der Waals surface area contributed by atoms with E-state index in [1.807, 2.05) is 6.07 Å². The number of nitrogens with one attached hydrogen (secondary N) is 1. The first kappa shape index (κ1) is 22.7. The Bertz CT molecular complexity index is 984. The number of benzene rings is 2. The van der Waals surface area contributed by atoms with E-state index in [-0.39, 0.29) is 12.1 Å². The Morgan fingerprint density at radius 2 is 1.66 bits per heavy atom. The number of amides is 1. The summed E-state index contributed by atoms with van der Waals surface area (Å²) in [4.78, 5) is 12.9. The molecule has 1 amide bonds. The second-order valence-corrected chi connectivity index (χ2v) is 8.72. The molecular weight excluding hydrogens is 405 g/mol. The Morgan fingerprint density at radius 3 is 2.14 bits per heavy atom. The molecule has 0 aromatic heterocycles. The molecule has 0 aliphatic heterocycles. The largest absolute Gasteiger partial charge is 0.418 e. The number of hydrogen-bond donors (Lipinski definition) is 1. The van der Waals surface area contributed by atoms with E-state index in [0.717, 1.165) is 33.8 Å². The van der Waals surface area contributed by atoms with Crippen molar-refractivity contribution in [1.82, 2.24) is 0 Å². The minimum absolute atomic E-state index is 0.0695. The molecule has 0 aliphatic carbocycles. The topological polar surface area (TPSA) is 66.5 Å². The minimum atomic E-state index is -4.66. The molecule has 0 saturated heterocycles. The van der Waals surface area contributed by atoms with Crippen molar-refractivity contribution in [2.45, 2.75) is 39.4 Å². The number of alkyl halides is 3. The van der Waals surface area contributed by atoms with Crippen LogP contribution in [-0.4, -0.2) is 26.6 Å². The minimum Gasteiger partial charge on any atom is -0.324 e. The zero-order valence-corrected chi connectivity index (χ0v) is 17.4. The Hall–Kier alpha value is -2.55. The second kappa shape index (κ2) is 8.44. The first-order valence-corrected chi connectivity index (χ1v) is 10.7. The van der Waals surface area contributed by atoms with E-state index in [1.54, 1.807) is 32.9 Å². The van der Waals surface area contributed by atoms with Gasteiger partial charge in [0.2, 0.25) is 15.9 Å². The molecule has 0 spiro atoms. The molecule has 9 heteroatoms. The van der Waals surface area contributed by atoms with Crippen molar-refractivity contribution in [1.29, 1.82) is 0 Å². The first-order chi connectivity index (χ1) is 13.3. The van der Waals surface area contributed by atoms with Crippen LogP contribution in [-0.2, 0) is 21.0 Å². The highest BCUT2D eigenvalue weighted by Crippen LogP contribution is 2.35. The summed E-state index contributed by atoms with van der Waals surface area (Å²) >= 11 is 0. The number of nitrogens with zero attached hydrogens (tertiary/aromatic N) is 1. The number of hydrogen-bond acceptors (Lipinski definition) is 3. The third-order valence-electron chi connectivity index (χ3n) is 4.28. The standard InChI is InChI=1S/C20H23F3N2O3S/c1-5-18(19(26)24-17-9-7-6-8-16(17)20(21,22)23)25(29(4,27)28)15-11-13(2)10-14(3)12-15/h6-12,18H,5H2,1-4H3,(H,24,26)/t18-/m1/s1. The van der Waals surface area contributed by atoms with Gasteiger partial charge in [0.25, 0.3) is 0 Å². The number of anilines is 2. The fourth-order valence-electron chi connectivity index (χ4n) is 3.19. The lowest BCUT2D eigenvalue weighted by atomic mass is 10.1. The molecule has 0 aliphatic rings. The highest BCUT2D eigenvalue weighted by molar-refractivity contribution is 7.92. The molecule has 1 atom stereocenters. The van der Waals surface area contributed by atoms with E-state index in [2.05, 4.69) is 5.32 Å². The van der Waals surface area contributed by atoms with Gasteiger partial charge in [-0.15, -0.1) is 0 Å². The predicted octanol–water partition coefficient (Wildman–Crippen LogP) is 4.51. The van der Waals surface area contributed by atoms with E-state index in [4.69, 9.17) is 0 Å². The van der Waals surface area contributed by atoms with E-state index in [9.17, 15) is 26.4 Å². The van der Waals surface area contributed by atoms with Gasteiger partial charge in [-0.25, -0.2) is 8.42 Å². The molecule has 158 valence electrons. The van der Waals surface area contributed by atoms with Gasteiger partial charge in [-0.05, 0) is 55.7 Å². The summed E-state index contributed by atoms with van der Waals surface area (Å²) in [6.45, 7) is 5.18. The van der Waals surface area contributed by atoms with Crippen LogP contribution in [0.25, 0.3) is 0 Å². The third-order valence-corrected chi connectivity index (χ3v) is 5.46. The van der Waals surface area contributed by atoms with Crippen LogP contribution in [0, 0.1) is 13.8 Å². The van der Waals surface area contributed by atoms with Gasteiger partial charge in [-0.2, -0.15) is 13.2 Å². The van der Waals surface area contributed by atoms with Crippen LogP contribution in [0.15, 0.2) is 42.5 Å². The summed E-state index contributed by atoms with van der Waals surface area (Å²) in [5, 5.41) is 2.25. The van der Waals surface area contributed by atoms with Crippen molar-refractivity contribution >= 4 is 27.3 Å². The van der Waals surface area contributed by atoms with Gasteiger partial charge in [0, 0.05) is 0 Å². The Kier molecular flexibility index (Phi) is 6.62. The van der Waals surface area contributed by atoms with Crippen molar-refractivity contribution in [3.63, 3.8) is 0 Å². The molecule has 0 fully saturated rings. The summed E-state index contributed by atoms with van der Waals surface area (Å²) in [5.74, 6) is -0.839. The molecule has 0 radical (unpaired) electrons. The molecule has 2 rings (SSSR count). The van der Waals surface area contributed by atoms with Crippen LogP contribution in [0.3, 0.4) is 0 Å².